The molecule has 0 amide bonds. The molecule has 0 spiro atoms. The lowest BCUT2D eigenvalue weighted by molar-refractivity contribution is 1.44. The Hall–Kier alpha value is -1.16. The molecule has 1 aromatic rings. The minimum Gasteiger partial charge on any atom is -0.399 e. The van der Waals surface area contributed by atoms with Gasteiger partial charge < -0.3 is 11.5 Å². The first kappa shape index (κ1) is 8.94. The van der Waals surface area contributed by atoms with Crippen LogP contribution in [0.2, 0.25) is 5.02 Å². The minimum absolute atomic E-state index is 0.155. The molecule has 0 aliphatic carbocycles. The predicted molar refractivity (Wildman–Crippen MR) is 52.3 cm³/mol. The Morgan fingerprint density at radius 3 is 2.50 bits per heavy atom. The third-order valence-corrected chi connectivity index (χ3v) is 1.71. The molecule has 5 N–H and O–H groups in total. The summed E-state index contributed by atoms with van der Waals surface area (Å²) in [6, 6.07) is 3.03. The smallest absolute Gasteiger partial charge is 0.123 e. The highest BCUT2D eigenvalue weighted by Crippen LogP contribution is 2.16. The Bertz CT molecular complexity index is 314. The lowest BCUT2D eigenvalue weighted by atomic mass is 9.89. The van der Waals surface area contributed by atoms with E-state index in [1.807, 2.05) is 0 Å². The fraction of sp³-hybridized carbons (Fsp3) is 0. The molecule has 0 aliphatic rings. The van der Waals surface area contributed by atoms with E-state index in [0.29, 0.717) is 21.7 Å². The molecule has 0 unspecified atom stereocenters. The molecule has 0 bridgehead atoms. The van der Waals surface area contributed by atoms with Gasteiger partial charge in [-0.1, -0.05) is 17.1 Å². The maximum absolute atomic E-state index is 7.16. The number of anilines is 1. The summed E-state index contributed by atoms with van der Waals surface area (Å²) in [5.41, 5.74) is 11.8. The van der Waals surface area contributed by atoms with Crippen LogP contribution >= 0.6 is 11.6 Å². The van der Waals surface area contributed by atoms with Crippen molar-refractivity contribution in [2.45, 2.75) is 0 Å². The van der Waals surface area contributed by atoms with Crippen LogP contribution in [-0.4, -0.2) is 13.7 Å². The molecule has 0 atom stereocenters. The Balaban J connectivity index is 3.38. The summed E-state index contributed by atoms with van der Waals surface area (Å²) in [4.78, 5) is 0. The van der Waals surface area contributed by atoms with E-state index >= 15 is 0 Å². The van der Waals surface area contributed by atoms with Crippen molar-refractivity contribution in [1.82, 2.24) is 0 Å². The van der Waals surface area contributed by atoms with Gasteiger partial charge in [-0.3, -0.25) is 5.41 Å². The molecule has 0 heterocycles. The minimum atomic E-state index is -0.155. The summed E-state index contributed by atoms with van der Waals surface area (Å²) in [5, 5.41) is 7.47. The predicted octanol–water partition coefficient (Wildman–Crippen LogP) is 0.0000700. The first-order chi connectivity index (χ1) is 5.52. The van der Waals surface area contributed by atoms with Crippen LogP contribution in [0.5, 0.6) is 0 Å². The van der Waals surface area contributed by atoms with Gasteiger partial charge in [-0.05, 0) is 12.1 Å². The molecule has 2 radical (unpaired) electrons. The molecule has 0 aliphatic heterocycles. The summed E-state index contributed by atoms with van der Waals surface area (Å²) in [6.07, 6.45) is 0. The maximum Gasteiger partial charge on any atom is 0.123 e. The van der Waals surface area contributed by atoms with Crippen LogP contribution in [0.15, 0.2) is 12.1 Å². The number of nitrogens with one attached hydrogen (secondary N) is 1. The number of amidine groups is 1. The second kappa shape index (κ2) is 3.07. The average Bonchev–Trinajstić information content (AvgIpc) is 1.82. The van der Waals surface area contributed by atoms with Crippen LogP contribution in [0, 0.1) is 5.41 Å². The zero-order chi connectivity index (χ0) is 9.30. The molecule has 60 valence electrons. The van der Waals surface area contributed by atoms with Gasteiger partial charge in [0.25, 0.3) is 0 Å². The number of nitrogens with two attached hydrogens (primary N) is 2. The zero-order valence-electron chi connectivity index (χ0n) is 6.26. The molecule has 1 rings (SSSR count). The van der Waals surface area contributed by atoms with E-state index in [1.165, 1.54) is 12.1 Å². The van der Waals surface area contributed by atoms with Crippen molar-refractivity contribution in [3.8, 4) is 0 Å². The molecule has 0 saturated carbocycles. The largest absolute Gasteiger partial charge is 0.399 e. The second-order valence-corrected chi connectivity index (χ2v) is 2.79. The zero-order valence-corrected chi connectivity index (χ0v) is 7.02. The summed E-state index contributed by atoms with van der Waals surface area (Å²) in [5.74, 6) is -0.155. The van der Waals surface area contributed by atoms with Gasteiger partial charge in [-0.2, -0.15) is 0 Å². The van der Waals surface area contributed by atoms with Crippen LogP contribution in [-0.2, 0) is 0 Å². The SMILES string of the molecule is [B]c1cc(N)cc(Cl)c1C(=N)N. The molecule has 0 saturated heterocycles. The molecule has 12 heavy (non-hydrogen) atoms. The topological polar surface area (TPSA) is 75.9 Å². The molecule has 3 nitrogen and oxygen atoms in total. The van der Waals surface area contributed by atoms with Crippen molar-refractivity contribution >= 4 is 36.4 Å². The number of nitrogen functional groups attached to an aromatic ring is 2. The van der Waals surface area contributed by atoms with Gasteiger partial charge in [-0.25, -0.2) is 0 Å². The van der Waals surface area contributed by atoms with Crippen LogP contribution in [0.25, 0.3) is 0 Å². The average molecular weight is 179 g/mol. The van der Waals surface area contributed by atoms with Crippen molar-refractivity contribution in [2.75, 3.05) is 5.73 Å². The lowest BCUT2D eigenvalue weighted by Crippen LogP contribution is -2.23. The molecule has 0 fully saturated rings. The molecular weight excluding hydrogens is 172 g/mol. The summed E-state index contributed by atoms with van der Waals surface area (Å²) < 4.78 is 0. The number of halogens is 1. The number of hydrogen-bond acceptors (Lipinski definition) is 2. The van der Waals surface area contributed by atoms with E-state index in [4.69, 9.17) is 36.3 Å². The van der Waals surface area contributed by atoms with Crippen LogP contribution < -0.4 is 16.9 Å². The molecule has 5 heteroatoms. The van der Waals surface area contributed by atoms with E-state index < -0.39 is 0 Å². The second-order valence-electron chi connectivity index (χ2n) is 2.38. The van der Waals surface area contributed by atoms with Gasteiger partial charge in [0.05, 0.1) is 5.02 Å². The van der Waals surface area contributed by atoms with Crippen molar-refractivity contribution in [1.29, 1.82) is 5.41 Å². The first-order valence-corrected chi connectivity index (χ1v) is 3.59. The Morgan fingerprint density at radius 1 is 1.50 bits per heavy atom. The van der Waals surface area contributed by atoms with Gasteiger partial charge in [-0.15, -0.1) is 0 Å². The maximum atomic E-state index is 7.16. The van der Waals surface area contributed by atoms with Crippen LogP contribution in [0.3, 0.4) is 0 Å². The Labute approximate surface area is 76.6 Å². The summed E-state index contributed by atoms with van der Waals surface area (Å²) in [6.45, 7) is 0. The van der Waals surface area contributed by atoms with Gasteiger partial charge >= 0.3 is 0 Å². The quantitative estimate of drug-likeness (QED) is 0.246. The standard InChI is InChI=1S/C7H7BClN3/c8-4-1-3(10)2-5(9)6(4)7(11)12/h1-2H,10H2,(H3,11,12). The van der Waals surface area contributed by atoms with Gasteiger partial charge in [0, 0.05) is 11.3 Å². The molecular formula is C7H7BClN3. The van der Waals surface area contributed by atoms with Gasteiger partial charge in [0.15, 0.2) is 0 Å². The fourth-order valence-corrected chi connectivity index (χ4v) is 1.27. The van der Waals surface area contributed by atoms with Gasteiger partial charge in [0.2, 0.25) is 0 Å². The molecule has 1 aromatic carbocycles. The number of hydrogen-bond donors (Lipinski definition) is 3. The molecule has 0 aromatic heterocycles. The van der Waals surface area contributed by atoms with E-state index in [1.54, 1.807) is 0 Å². The van der Waals surface area contributed by atoms with Crippen LogP contribution in [0.4, 0.5) is 5.69 Å². The van der Waals surface area contributed by atoms with Crippen molar-refractivity contribution in [2.24, 2.45) is 5.73 Å². The highest BCUT2D eigenvalue weighted by molar-refractivity contribution is 6.42. The number of benzene rings is 1. The van der Waals surface area contributed by atoms with Gasteiger partial charge in [0.1, 0.15) is 13.7 Å². The third-order valence-electron chi connectivity index (χ3n) is 1.41. The van der Waals surface area contributed by atoms with Crippen molar-refractivity contribution in [3.05, 3.63) is 22.7 Å². The highest BCUT2D eigenvalue weighted by Gasteiger charge is 2.06. The Kier molecular flexibility index (Phi) is 2.28. The van der Waals surface area contributed by atoms with Crippen molar-refractivity contribution in [3.63, 3.8) is 0 Å². The highest BCUT2D eigenvalue weighted by atomic mass is 35.5. The van der Waals surface area contributed by atoms with E-state index in [0.717, 1.165) is 0 Å². The first-order valence-electron chi connectivity index (χ1n) is 3.21. The van der Waals surface area contributed by atoms with Crippen molar-refractivity contribution < 1.29 is 0 Å². The summed E-state index contributed by atoms with van der Waals surface area (Å²) >= 11 is 5.75. The number of rotatable bonds is 1. The monoisotopic (exact) mass is 179 g/mol. The van der Waals surface area contributed by atoms with E-state index in [-0.39, 0.29) is 5.84 Å². The van der Waals surface area contributed by atoms with E-state index in [2.05, 4.69) is 0 Å². The fourth-order valence-electron chi connectivity index (χ4n) is 0.934. The lowest BCUT2D eigenvalue weighted by Gasteiger charge is -2.07. The summed E-state index contributed by atoms with van der Waals surface area (Å²) in [7, 11) is 5.54. The normalized spacial score (nSPS) is 9.75. The van der Waals surface area contributed by atoms with Crippen LogP contribution in [0.1, 0.15) is 5.56 Å². The Morgan fingerprint density at radius 2 is 2.08 bits per heavy atom. The van der Waals surface area contributed by atoms with E-state index in [9.17, 15) is 0 Å². The third kappa shape index (κ3) is 1.53.